The van der Waals surface area contributed by atoms with Gasteiger partial charge in [-0.25, -0.2) is 23.4 Å². The number of pyridine rings is 2. The molecule has 2 atom stereocenters. The standard InChI is InChI=1S/C36H43F2N7O9/c1-20(46)41-16-23-17-45(35(51)53-23)22-7-8-29(26(37)14-22)52-19-36(54-34(50)28(40)4-2-3-11-39)9-12-43(13-10-36)32-27(38)15-24-30(47)25(33(48)49)18-44(21-5-6-21)31(24)42-32/h7-8,14-15,18,21,23,28H,2-6,9-13,16-17,19,39-40H2,1H3,(H,41,46)(H,48,49)/t23-,28-/m0/s1. The number of esters is 1. The number of halogens is 2. The van der Waals surface area contributed by atoms with E-state index >= 15 is 8.78 Å². The Morgan fingerprint density at radius 1 is 1.13 bits per heavy atom. The fourth-order valence-corrected chi connectivity index (χ4v) is 6.64. The SMILES string of the molecule is CC(=O)NC[C@H]1CN(c2ccc(OCC3(OC(=O)[C@@H](N)CCCCN)CCN(c4nc5c(cc4F)c(=O)c(C(=O)O)cn5C4CC4)CC3)c(F)c2)C(=O)O1. The maximum Gasteiger partial charge on any atom is 0.414 e. The Morgan fingerprint density at radius 2 is 1.87 bits per heavy atom. The number of nitrogens with two attached hydrogens (primary N) is 2. The Labute approximate surface area is 308 Å². The minimum Gasteiger partial charge on any atom is -0.486 e. The molecule has 6 rings (SSSR count). The number of amides is 2. The first-order valence-electron chi connectivity index (χ1n) is 17.9. The molecule has 2 aromatic heterocycles. The average Bonchev–Trinajstić information content (AvgIpc) is 3.91. The second-order valence-corrected chi connectivity index (χ2v) is 13.9. The number of carboxylic acids is 1. The third-order valence-corrected chi connectivity index (χ3v) is 9.84. The number of hydrogen-bond donors (Lipinski definition) is 4. The molecule has 2 saturated heterocycles. The molecule has 1 aliphatic carbocycles. The third-order valence-electron chi connectivity index (χ3n) is 9.84. The first-order valence-corrected chi connectivity index (χ1v) is 17.9. The van der Waals surface area contributed by atoms with Crippen LogP contribution in [-0.2, 0) is 19.1 Å². The number of hydrogen-bond acceptors (Lipinski definition) is 12. The van der Waals surface area contributed by atoms with Crippen molar-refractivity contribution in [3.8, 4) is 5.75 Å². The molecule has 290 valence electrons. The maximum atomic E-state index is 15.7. The van der Waals surface area contributed by atoms with Crippen molar-refractivity contribution in [2.45, 2.75) is 75.7 Å². The zero-order valence-electron chi connectivity index (χ0n) is 29.7. The van der Waals surface area contributed by atoms with Gasteiger partial charge in [0, 0.05) is 51.2 Å². The number of anilines is 2. The Morgan fingerprint density at radius 3 is 2.52 bits per heavy atom. The maximum absolute atomic E-state index is 15.7. The lowest BCUT2D eigenvalue weighted by atomic mass is 9.91. The number of carbonyl (C=O) groups is 4. The van der Waals surface area contributed by atoms with Gasteiger partial charge < -0.3 is 45.6 Å². The van der Waals surface area contributed by atoms with Crippen molar-refractivity contribution in [3.05, 3.63) is 57.9 Å². The van der Waals surface area contributed by atoms with Crippen LogP contribution >= 0.6 is 0 Å². The summed E-state index contributed by atoms with van der Waals surface area (Å²) in [7, 11) is 0. The largest absolute Gasteiger partial charge is 0.486 e. The number of ether oxygens (including phenoxy) is 3. The number of aromatic carboxylic acids is 1. The molecule has 18 heteroatoms. The van der Waals surface area contributed by atoms with Crippen molar-refractivity contribution in [1.29, 1.82) is 0 Å². The van der Waals surface area contributed by atoms with E-state index in [9.17, 15) is 29.1 Å². The molecule has 0 unspecified atom stereocenters. The highest BCUT2D eigenvalue weighted by atomic mass is 19.1. The summed E-state index contributed by atoms with van der Waals surface area (Å²) in [6.45, 7) is 1.93. The topological polar surface area (TPSA) is 222 Å². The third kappa shape index (κ3) is 8.38. The predicted octanol–water partition coefficient (Wildman–Crippen LogP) is 2.59. The zero-order chi connectivity index (χ0) is 38.7. The van der Waals surface area contributed by atoms with Crippen molar-refractivity contribution in [2.24, 2.45) is 11.5 Å². The van der Waals surface area contributed by atoms with Gasteiger partial charge in [-0.05, 0) is 50.4 Å². The summed E-state index contributed by atoms with van der Waals surface area (Å²) < 4.78 is 49.9. The molecule has 6 N–H and O–H groups in total. The van der Waals surface area contributed by atoms with Gasteiger partial charge in [-0.1, -0.05) is 6.42 Å². The van der Waals surface area contributed by atoms with Crippen LogP contribution in [0.1, 0.15) is 68.3 Å². The second-order valence-electron chi connectivity index (χ2n) is 13.9. The number of benzene rings is 1. The van der Waals surface area contributed by atoms with E-state index < -0.39 is 58.4 Å². The van der Waals surface area contributed by atoms with Crippen LogP contribution in [0.2, 0.25) is 0 Å². The molecule has 0 radical (unpaired) electrons. The van der Waals surface area contributed by atoms with E-state index in [1.165, 1.54) is 30.2 Å². The van der Waals surface area contributed by atoms with E-state index in [2.05, 4.69) is 10.3 Å². The smallest absolute Gasteiger partial charge is 0.414 e. The molecule has 1 saturated carbocycles. The van der Waals surface area contributed by atoms with Crippen molar-refractivity contribution in [3.63, 3.8) is 0 Å². The molecular weight excluding hydrogens is 712 g/mol. The summed E-state index contributed by atoms with van der Waals surface area (Å²) in [6, 6.07) is 3.92. The number of carboxylic acid groups (broad SMARTS) is 1. The fraction of sp³-hybridized carbons (Fsp3) is 0.500. The molecule has 54 heavy (non-hydrogen) atoms. The fourth-order valence-electron chi connectivity index (χ4n) is 6.64. The van der Waals surface area contributed by atoms with Crippen molar-refractivity contribution >= 4 is 46.5 Å². The van der Waals surface area contributed by atoms with Crippen LogP contribution in [-0.4, -0.2) is 95.7 Å². The monoisotopic (exact) mass is 755 g/mol. The zero-order valence-corrected chi connectivity index (χ0v) is 29.7. The van der Waals surface area contributed by atoms with Crippen LogP contribution in [0.3, 0.4) is 0 Å². The lowest BCUT2D eigenvalue weighted by Crippen LogP contribution is -2.53. The van der Waals surface area contributed by atoms with E-state index in [1.807, 2.05) is 0 Å². The number of carbonyl (C=O) groups excluding carboxylic acids is 3. The Hall–Kier alpha value is -5.36. The minimum atomic E-state index is -1.41. The van der Waals surface area contributed by atoms with Crippen LogP contribution in [0.15, 0.2) is 35.3 Å². The highest BCUT2D eigenvalue weighted by Gasteiger charge is 2.42. The van der Waals surface area contributed by atoms with Crippen LogP contribution < -0.4 is 36.7 Å². The molecule has 4 heterocycles. The number of piperidine rings is 1. The highest BCUT2D eigenvalue weighted by Crippen LogP contribution is 2.38. The molecule has 3 fully saturated rings. The normalized spacial score (nSPS) is 18.7. The summed E-state index contributed by atoms with van der Waals surface area (Å²) in [6.07, 6.45) is 3.27. The average molecular weight is 756 g/mol. The molecule has 0 bridgehead atoms. The Kier molecular flexibility index (Phi) is 11.3. The number of fused-ring (bicyclic) bond motifs is 1. The van der Waals surface area contributed by atoms with E-state index in [1.54, 1.807) is 9.47 Å². The quantitative estimate of drug-likeness (QED) is 0.130. The van der Waals surface area contributed by atoms with Gasteiger partial charge in [0.05, 0.1) is 24.2 Å². The molecule has 2 amide bonds. The van der Waals surface area contributed by atoms with Gasteiger partial charge in [-0.3, -0.25) is 19.3 Å². The van der Waals surface area contributed by atoms with Gasteiger partial charge in [-0.15, -0.1) is 0 Å². The number of unbranched alkanes of at least 4 members (excludes halogenated alkanes) is 1. The van der Waals surface area contributed by atoms with Crippen LogP contribution in [0.5, 0.6) is 5.75 Å². The van der Waals surface area contributed by atoms with Gasteiger partial charge in [0.15, 0.2) is 23.2 Å². The molecule has 1 aromatic carbocycles. The number of cyclic esters (lactones) is 1. The number of aromatic nitrogens is 2. The second kappa shape index (κ2) is 15.9. The van der Waals surface area contributed by atoms with Crippen molar-refractivity contribution < 1.29 is 47.3 Å². The van der Waals surface area contributed by atoms with Crippen LogP contribution in [0, 0.1) is 11.6 Å². The number of nitrogens with zero attached hydrogens (tertiary/aromatic N) is 4. The molecule has 3 aromatic rings. The van der Waals surface area contributed by atoms with Crippen LogP contribution in [0.4, 0.5) is 25.1 Å². The minimum absolute atomic E-state index is 0.0555. The summed E-state index contributed by atoms with van der Waals surface area (Å²) >= 11 is 0. The molecular formula is C36H43F2N7O9. The first kappa shape index (κ1) is 38.4. The van der Waals surface area contributed by atoms with Gasteiger partial charge in [0.2, 0.25) is 11.3 Å². The van der Waals surface area contributed by atoms with E-state index in [-0.39, 0.29) is 85.9 Å². The molecule has 16 nitrogen and oxygen atoms in total. The summed E-state index contributed by atoms with van der Waals surface area (Å²) in [5.74, 6) is -4.22. The summed E-state index contributed by atoms with van der Waals surface area (Å²) in [4.78, 5) is 69.1. The van der Waals surface area contributed by atoms with Crippen molar-refractivity contribution in [1.82, 2.24) is 14.9 Å². The van der Waals surface area contributed by atoms with Gasteiger partial charge in [-0.2, -0.15) is 0 Å². The first-order chi connectivity index (χ1) is 25.8. The number of rotatable bonds is 15. The Bertz CT molecular complexity index is 2000. The lowest BCUT2D eigenvalue weighted by molar-refractivity contribution is -0.168. The van der Waals surface area contributed by atoms with Gasteiger partial charge >= 0.3 is 18.0 Å². The van der Waals surface area contributed by atoms with E-state index in [0.717, 1.165) is 25.0 Å². The van der Waals surface area contributed by atoms with Crippen molar-refractivity contribution in [2.75, 3.05) is 49.1 Å². The van der Waals surface area contributed by atoms with Gasteiger partial charge in [0.25, 0.3) is 0 Å². The molecule has 2 aliphatic heterocycles. The van der Waals surface area contributed by atoms with E-state index in [4.69, 9.17) is 25.7 Å². The van der Waals surface area contributed by atoms with Gasteiger partial charge in [0.1, 0.15) is 35.6 Å². The summed E-state index contributed by atoms with van der Waals surface area (Å²) in [5.41, 5.74) is 9.52. The van der Waals surface area contributed by atoms with E-state index in [0.29, 0.717) is 25.8 Å². The lowest BCUT2D eigenvalue weighted by Gasteiger charge is -2.41. The predicted molar refractivity (Wildman–Crippen MR) is 191 cm³/mol. The Balaban J connectivity index is 1.20. The number of nitrogens with one attached hydrogen (secondary N) is 1. The summed E-state index contributed by atoms with van der Waals surface area (Å²) in [5, 5.41) is 12.0. The highest BCUT2D eigenvalue weighted by molar-refractivity contribution is 5.92. The van der Waals surface area contributed by atoms with Crippen LogP contribution in [0.25, 0.3) is 11.0 Å². The molecule has 3 aliphatic rings. The molecule has 0 spiro atoms.